The molecule has 2 aromatic rings. The number of halogens is 1. The van der Waals surface area contributed by atoms with E-state index in [1.54, 1.807) is 24.3 Å². The van der Waals surface area contributed by atoms with E-state index in [0.717, 1.165) is 10.6 Å². The molecule has 0 spiro atoms. The van der Waals surface area contributed by atoms with Gasteiger partial charge in [-0.2, -0.15) is 0 Å². The van der Waals surface area contributed by atoms with Gasteiger partial charge in [-0.1, -0.05) is 12.1 Å². The molecule has 0 radical (unpaired) electrons. The molecule has 0 heterocycles. The van der Waals surface area contributed by atoms with E-state index in [4.69, 9.17) is 4.74 Å². The van der Waals surface area contributed by atoms with Gasteiger partial charge in [-0.25, -0.2) is 12.8 Å². The Hall–Kier alpha value is -2.61. The summed E-state index contributed by atoms with van der Waals surface area (Å²) in [5.74, 6) is -0.319. The topological polar surface area (TPSA) is 75.7 Å². The number of hydrogen-bond acceptors (Lipinski definition) is 4. The Labute approximate surface area is 146 Å². The van der Waals surface area contributed by atoms with Crippen LogP contribution in [-0.2, 0) is 14.8 Å². The van der Waals surface area contributed by atoms with Crippen molar-refractivity contribution in [3.8, 4) is 5.75 Å². The van der Waals surface area contributed by atoms with E-state index in [1.165, 1.54) is 31.4 Å². The van der Waals surface area contributed by atoms with E-state index in [0.29, 0.717) is 17.1 Å². The second kappa shape index (κ2) is 7.98. The molecule has 0 bridgehead atoms. The molecule has 2 aromatic carbocycles. The molecular formula is C17H19FN2O4S. The third kappa shape index (κ3) is 5.18. The molecule has 0 atom stereocenters. The van der Waals surface area contributed by atoms with Crippen LogP contribution in [0, 0.1) is 5.82 Å². The van der Waals surface area contributed by atoms with Crippen molar-refractivity contribution in [3.63, 3.8) is 0 Å². The first-order chi connectivity index (χ1) is 11.8. The van der Waals surface area contributed by atoms with Gasteiger partial charge in [0.25, 0.3) is 0 Å². The lowest BCUT2D eigenvalue weighted by molar-refractivity contribution is -0.116. The predicted molar refractivity (Wildman–Crippen MR) is 94.8 cm³/mol. The van der Waals surface area contributed by atoms with Crippen molar-refractivity contribution in [1.82, 2.24) is 0 Å². The molecule has 1 amide bonds. The summed E-state index contributed by atoms with van der Waals surface area (Å²) in [7, 11) is -2.11. The van der Waals surface area contributed by atoms with E-state index in [1.807, 2.05) is 0 Å². The molecule has 0 aliphatic rings. The average molecular weight is 366 g/mol. The zero-order chi connectivity index (χ0) is 18.4. The Balaban J connectivity index is 2.08. The van der Waals surface area contributed by atoms with Crippen LogP contribution in [0.25, 0.3) is 0 Å². The number of anilines is 2. The number of amides is 1. The van der Waals surface area contributed by atoms with Gasteiger partial charge in [-0.05, 0) is 36.4 Å². The fourth-order valence-corrected chi connectivity index (χ4v) is 3.19. The molecule has 0 saturated carbocycles. The van der Waals surface area contributed by atoms with Crippen molar-refractivity contribution >= 4 is 27.3 Å². The minimum atomic E-state index is -3.61. The largest absolute Gasteiger partial charge is 0.495 e. The van der Waals surface area contributed by atoms with Crippen molar-refractivity contribution in [2.24, 2.45) is 0 Å². The molecule has 0 aromatic heterocycles. The van der Waals surface area contributed by atoms with Gasteiger partial charge in [0, 0.05) is 13.0 Å². The molecular weight excluding hydrogens is 347 g/mol. The number of sulfonamides is 1. The van der Waals surface area contributed by atoms with Crippen molar-refractivity contribution < 1.29 is 22.3 Å². The maximum Gasteiger partial charge on any atom is 0.232 e. The molecule has 0 fully saturated rings. The fourth-order valence-electron chi connectivity index (χ4n) is 2.26. The van der Waals surface area contributed by atoms with Crippen LogP contribution >= 0.6 is 0 Å². The summed E-state index contributed by atoms with van der Waals surface area (Å²) >= 11 is 0. The van der Waals surface area contributed by atoms with Crippen LogP contribution in [0.3, 0.4) is 0 Å². The predicted octanol–water partition coefficient (Wildman–Crippen LogP) is 2.63. The highest BCUT2D eigenvalue weighted by molar-refractivity contribution is 7.92. The number of ether oxygens (including phenoxy) is 1. The number of nitrogens with one attached hydrogen (secondary N) is 1. The highest BCUT2D eigenvalue weighted by Gasteiger charge is 2.19. The summed E-state index contributed by atoms with van der Waals surface area (Å²) in [4.78, 5) is 12.1. The van der Waals surface area contributed by atoms with Crippen LogP contribution in [0.2, 0.25) is 0 Å². The highest BCUT2D eigenvalue weighted by atomic mass is 32.2. The smallest absolute Gasteiger partial charge is 0.232 e. The second-order valence-electron chi connectivity index (χ2n) is 5.31. The van der Waals surface area contributed by atoms with E-state index < -0.39 is 15.8 Å². The van der Waals surface area contributed by atoms with Gasteiger partial charge in [0.15, 0.2) is 0 Å². The van der Waals surface area contributed by atoms with Crippen molar-refractivity contribution in [2.75, 3.05) is 29.5 Å². The third-order valence-corrected chi connectivity index (χ3v) is 4.63. The monoisotopic (exact) mass is 366 g/mol. The summed E-state index contributed by atoms with van der Waals surface area (Å²) in [6.45, 7) is -0.0640. The lowest BCUT2D eigenvalue weighted by Crippen LogP contribution is -2.33. The standard InChI is InChI=1S/C17H19FN2O4S/c1-24-16-6-4-3-5-15(16)19-17(21)11-12-20(25(2,22)23)14-9-7-13(18)8-10-14/h3-10H,11-12H2,1-2H3,(H,19,21). The van der Waals surface area contributed by atoms with Crippen LogP contribution in [0.4, 0.5) is 15.8 Å². The molecule has 8 heteroatoms. The molecule has 0 aliphatic carbocycles. The number of benzene rings is 2. The zero-order valence-corrected chi connectivity index (χ0v) is 14.7. The summed E-state index contributed by atoms with van der Waals surface area (Å²) in [5, 5.41) is 2.68. The second-order valence-corrected chi connectivity index (χ2v) is 7.22. The number of rotatable bonds is 7. The Kier molecular flexibility index (Phi) is 5.97. The lowest BCUT2D eigenvalue weighted by Gasteiger charge is -2.22. The number of carbonyl (C=O) groups is 1. The van der Waals surface area contributed by atoms with Gasteiger partial charge in [0.1, 0.15) is 11.6 Å². The van der Waals surface area contributed by atoms with Crippen LogP contribution in [-0.4, -0.2) is 34.2 Å². The van der Waals surface area contributed by atoms with Crippen LogP contribution in [0.5, 0.6) is 5.75 Å². The molecule has 0 unspecified atom stereocenters. The Morgan fingerprint density at radius 1 is 1.16 bits per heavy atom. The number of para-hydroxylation sites is 2. The Morgan fingerprint density at radius 2 is 1.80 bits per heavy atom. The number of nitrogens with zero attached hydrogens (tertiary/aromatic N) is 1. The van der Waals surface area contributed by atoms with E-state index >= 15 is 0 Å². The average Bonchev–Trinajstić information content (AvgIpc) is 2.56. The molecule has 25 heavy (non-hydrogen) atoms. The zero-order valence-electron chi connectivity index (χ0n) is 13.9. The molecule has 0 saturated heterocycles. The van der Waals surface area contributed by atoms with E-state index in [2.05, 4.69) is 5.32 Å². The van der Waals surface area contributed by atoms with Gasteiger partial charge < -0.3 is 10.1 Å². The van der Waals surface area contributed by atoms with Gasteiger partial charge in [-0.15, -0.1) is 0 Å². The summed E-state index contributed by atoms with van der Waals surface area (Å²) in [5.41, 5.74) is 0.802. The van der Waals surface area contributed by atoms with Crippen LogP contribution in [0.1, 0.15) is 6.42 Å². The van der Waals surface area contributed by atoms with Gasteiger partial charge in [-0.3, -0.25) is 9.10 Å². The minimum Gasteiger partial charge on any atom is -0.495 e. The number of methoxy groups -OCH3 is 1. The van der Waals surface area contributed by atoms with Crippen molar-refractivity contribution in [3.05, 3.63) is 54.3 Å². The van der Waals surface area contributed by atoms with Crippen molar-refractivity contribution in [2.45, 2.75) is 6.42 Å². The summed E-state index contributed by atoms with van der Waals surface area (Å²) < 4.78 is 43.2. The molecule has 0 aliphatic heterocycles. The van der Waals surface area contributed by atoms with Gasteiger partial charge >= 0.3 is 0 Å². The summed E-state index contributed by atoms with van der Waals surface area (Å²) in [6, 6.07) is 12.0. The molecule has 134 valence electrons. The van der Waals surface area contributed by atoms with Gasteiger partial charge in [0.05, 0.1) is 24.7 Å². The normalized spacial score (nSPS) is 11.0. The first-order valence-electron chi connectivity index (χ1n) is 7.47. The lowest BCUT2D eigenvalue weighted by atomic mass is 10.2. The fraction of sp³-hybridized carbons (Fsp3) is 0.235. The Bertz CT molecular complexity index is 838. The molecule has 2 rings (SSSR count). The third-order valence-electron chi connectivity index (χ3n) is 3.44. The highest BCUT2D eigenvalue weighted by Crippen LogP contribution is 2.23. The minimum absolute atomic E-state index is 0.0640. The first kappa shape index (κ1) is 18.7. The Morgan fingerprint density at radius 3 is 2.40 bits per heavy atom. The molecule has 1 N–H and O–H groups in total. The first-order valence-corrected chi connectivity index (χ1v) is 9.32. The van der Waals surface area contributed by atoms with Gasteiger partial charge in [0.2, 0.25) is 15.9 Å². The number of hydrogen-bond donors (Lipinski definition) is 1. The van der Waals surface area contributed by atoms with Crippen molar-refractivity contribution in [1.29, 1.82) is 0 Å². The number of carbonyl (C=O) groups excluding carboxylic acids is 1. The quantitative estimate of drug-likeness (QED) is 0.817. The SMILES string of the molecule is COc1ccccc1NC(=O)CCN(c1ccc(F)cc1)S(C)(=O)=O. The van der Waals surface area contributed by atoms with Crippen LogP contribution < -0.4 is 14.4 Å². The molecule has 6 nitrogen and oxygen atoms in total. The van der Waals surface area contributed by atoms with E-state index in [9.17, 15) is 17.6 Å². The van der Waals surface area contributed by atoms with Crippen LogP contribution in [0.15, 0.2) is 48.5 Å². The van der Waals surface area contributed by atoms with E-state index in [-0.39, 0.29) is 18.9 Å². The maximum absolute atomic E-state index is 13.0. The maximum atomic E-state index is 13.0. The summed E-state index contributed by atoms with van der Waals surface area (Å²) in [6.07, 6.45) is 0.969.